The molecule has 2 amide bonds. The largest absolute Gasteiger partial charge is 0.369 e. The molecule has 0 bridgehead atoms. The smallest absolute Gasteiger partial charge is 0.222 e. The Bertz CT molecular complexity index is 750. The first-order valence-corrected chi connectivity index (χ1v) is 11.8. The SMILES string of the molecule is O=C1CCCN1CCCC(=O)N1CCC[C@@H](N2CCN(c3cccc(Cl)c3)CC2)C1. The number of carbonyl (C=O) groups excluding carboxylic acids is 2. The van der Waals surface area contributed by atoms with E-state index in [0.717, 1.165) is 76.6 Å². The Kier molecular flexibility index (Phi) is 7.16. The van der Waals surface area contributed by atoms with Gasteiger partial charge in [0, 0.05) is 82.0 Å². The molecule has 0 spiro atoms. The van der Waals surface area contributed by atoms with E-state index in [0.29, 0.717) is 18.9 Å². The summed E-state index contributed by atoms with van der Waals surface area (Å²) in [6.07, 6.45) is 5.22. The Morgan fingerprint density at radius 1 is 1.07 bits per heavy atom. The maximum Gasteiger partial charge on any atom is 0.222 e. The lowest BCUT2D eigenvalue weighted by Gasteiger charge is -2.44. The van der Waals surface area contributed by atoms with Crippen LogP contribution in [0, 0.1) is 0 Å². The van der Waals surface area contributed by atoms with Gasteiger partial charge in [-0.2, -0.15) is 0 Å². The lowest BCUT2D eigenvalue weighted by Crippen LogP contribution is -2.55. The molecule has 0 aliphatic carbocycles. The summed E-state index contributed by atoms with van der Waals surface area (Å²) in [5.74, 6) is 0.501. The van der Waals surface area contributed by atoms with Gasteiger partial charge in [-0.1, -0.05) is 17.7 Å². The second-order valence-corrected chi connectivity index (χ2v) is 9.16. The van der Waals surface area contributed by atoms with Crippen LogP contribution in [0.5, 0.6) is 0 Å². The molecule has 0 radical (unpaired) electrons. The number of hydrogen-bond acceptors (Lipinski definition) is 4. The van der Waals surface area contributed by atoms with Crippen LogP contribution < -0.4 is 4.90 Å². The van der Waals surface area contributed by atoms with E-state index in [1.807, 2.05) is 23.1 Å². The van der Waals surface area contributed by atoms with Crippen LogP contribution in [0.1, 0.15) is 38.5 Å². The van der Waals surface area contributed by atoms with Gasteiger partial charge in [-0.15, -0.1) is 0 Å². The molecule has 0 unspecified atom stereocenters. The van der Waals surface area contributed by atoms with Crippen molar-refractivity contribution in [1.29, 1.82) is 0 Å². The number of rotatable bonds is 6. The first-order chi connectivity index (χ1) is 14.6. The van der Waals surface area contributed by atoms with E-state index in [9.17, 15) is 9.59 Å². The van der Waals surface area contributed by atoms with Crippen molar-refractivity contribution >= 4 is 29.1 Å². The van der Waals surface area contributed by atoms with Crippen LogP contribution in [0.2, 0.25) is 5.02 Å². The Labute approximate surface area is 184 Å². The van der Waals surface area contributed by atoms with E-state index >= 15 is 0 Å². The summed E-state index contributed by atoms with van der Waals surface area (Å²) in [4.78, 5) is 33.4. The van der Waals surface area contributed by atoms with Crippen molar-refractivity contribution in [1.82, 2.24) is 14.7 Å². The molecule has 1 aromatic carbocycles. The zero-order valence-electron chi connectivity index (χ0n) is 17.8. The number of halogens is 1. The van der Waals surface area contributed by atoms with Gasteiger partial charge in [0.1, 0.15) is 0 Å². The fourth-order valence-electron chi connectivity index (χ4n) is 5.02. The number of piperazine rings is 1. The standard InChI is InChI=1S/C23H33ClN4O2/c24-19-5-1-6-20(17-19)25-13-15-26(16-14-25)21-7-2-12-28(18-21)23(30)9-4-11-27-10-3-8-22(27)29/h1,5-6,17,21H,2-4,7-16,18H2/t21-/m1/s1. The number of carbonyl (C=O) groups is 2. The number of amides is 2. The van der Waals surface area contributed by atoms with Crippen LogP contribution in [0.15, 0.2) is 24.3 Å². The first-order valence-electron chi connectivity index (χ1n) is 11.4. The summed E-state index contributed by atoms with van der Waals surface area (Å²) in [6.45, 7) is 7.35. The molecule has 0 saturated carbocycles. The van der Waals surface area contributed by atoms with Gasteiger partial charge in [-0.3, -0.25) is 14.5 Å². The highest BCUT2D eigenvalue weighted by molar-refractivity contribution is 6.30. The van der Waals surface area contributed by atoms with Gasteiger partial charge in [0.25, 0.3) is 0 Å². The molecular formula is C23H33ClN4O2. The molecule has 3 heterocycles. The van der Waals surface area contributed by atoms with Crippen molar-refractivity contribution in [3.8, 4) is 0 Å². The molecule has 7 heteroatoms. The molecule has 30 heavy (non-hydrogen) atoms. The second kappa shape index (κ2) is 10.0. The summed E-state index contributed by atoms with van der Waals surface area (Å²) >= 11 is 6.15. The summed E-state index contributed by atoms with van der Waals surface area (Å²) in [6, 6.07) is 8.54. The molecule has 4 rings (SSSR count). The summed E-state index contributed by atoms with van der Waals surface area (Å²) in [5.41, 5.74) is 1.19. The third-order valence-electron chi connectivity index (χ3n) is 6.74. The number of hydrogen-bond donors (Lipinski definition) is 0. The Morgan fingerprint density at radius 2 is 1.90 bits per heavy atom. The number of benzene rings is 1. The zero-order valence-corrected chi connectivity index (χ0v) is 18.5. The lowest BCUT2D eigenvalue weighted by molar-refractivity contribution is -0.134. The second-order valence-electron chi connectivity index (χ2n) is 8.73. The topological polar surface area (TPSA) is 47.1 Å². The molecule has 3 fully saturated rings. The third kappa shape index (κ3) is 5.27. The van der Waals surface area contributed by atoms with Gasteiger partial charge in [0.2, 0.25) is 11.8 Å². The monoisotopic (exact) mass is 432 g/mol. The Hall–Kier alpha value is -1.79. The minimum atomic E-state index is 0.248. The Balaban J connectivity index is 1.22. The van der Waals surface area contributed by atoms with Crippen molar-refractivity contribution in [2.45, 2.75) is 44.6 Å². The van der Waals surface area contributed by atoms with Crippen LogP contribution in [0.3, 0.4) is 0 Å². The van der Waals surface area contributed by atoms with Gasteiger partial charge in [0.15, 0.2) is 0 Å². The molecule has 164 valence electrons. The van der Waals surface area contributed by atoms with Crippen molar-refractivity contribution in [3.63, 3.8) is 0 Å². The number of anilines is 1. The fourth-order valence-corrected chi connectivity index (χ4v) is 5.20. The van der Waals surface area contributed by atoms with Crippen molar-refractivity contribution in [3.05, 3.63) is 29.3 Å². The normalized spacial score (nSPS) is 23.3. The zero-order chi connectivity index (χ0) is 20.9. The lowest BCUT2D eigenvalue weighted by atomic mass is 10.0. The first kappa shape index (κ1) is 21.4. The molecule has 0 N–H and O–H groups in total. The average Bonchev–Trinajstić information content (AvgIpc) is 3.18. The van der Waals surface area contributed by atoms with E-state index < -0.39 is 0 Å². The number of piperidine rings is 1. The predicted octanol–water partition coefficient (Wildman–Crippen LogP) is 2.86. The van der Waals surface area contributed by atoms with Gasteiger partial charge in [-0.05, 0) is 43.9 Å². The van der Waals surface area contributed by atoms with Gasteiger partial charge in [0.05, 0.1) is 0 Å². The minimum Gasteiger partial charge on any atom is -0.369 e. The van der Waals surface area contributed by atoms with E-state index in [4.69, 9.17) is 11.6 Å². The van der Waals surface area contributed by atoms with E-state index in [2.05, 4.69) is 20.8 Å². The van der Waals surface area contributed by atoms with Crippen LogP contribution in [0.4, 0.5) is 5.69 Å². The third-order valence-corrected chi connectivity index (χ3v) is 6.98. The van der Waals surface area contributed by atoms with Gasteiger partial charge >= 0.3 is 0 Å². The summed E-state index contributed by atoms with van der Waals surface area (Å²) in [5, 5.41) is 0.783. The molecule has 1 aromatic rings. The van der Waals surface area contributed by atoms with Crippen molar-refractivity contribution in [2.24, 2.45) is 0 Å². The van der Waals surface area contributed by atoms with Crippen molar-refractivity contribution in [2.75, 3.05) is 57.3 Å². The highest BCUT2D eigenvalue weighted by atomic mass is 35.5. The maximum absolute atomic E-state index is 12.7. The molecule has 3 aliphatic heterocycles. The molecule has 1 atom stereocenters. The summed E-state index contributed by atoms with van der Waals surface area (Å²) in [7, 11) is 0. The van der Waals surface area contributed by atoms with Crippen LogP contribution in [0.25, 0.3) is 0 Å². The summed E-state index contributed by atoms with van der Waals surface area (Å²) < 4.78 is 0. The van der Waals surface area contributed by atoms with Crippen LogP contribution in [-0.4, -0.2) is 84.9 Å². The van der Waals surface area contributed by atoms with E-state index in [1.165, 1.54) is 12.1 Å². The molecule has 3 aliphatic rings. The van der Waals surface area contributed by atoms with Gasteiger partial charge < -0.3 is 14.7 Å². The number of likely N-dealkylation sites (tertiary alicyclic amines) is 2. The van der Waals surface area contributed by atoms with Crippen LogP contribution >= 0.6 is 11.6 Å². The predicted molar refractivity (Wildman–Crippen MR) is 120 cm³/mol. The van der Waals surface area contributed by atoms with Crippen LogP contribution in [-0.2, 0) is 9.59 Å². The average molecular weight is 433 g/mol. The quantitative estimate of drug-likeness (QED) is 0.693. The molecule has 6 nitrogen and oxygen atoms in total. The molecule has 0 aromatic heterocycles. The Morgan fingerprint density at radius 3 is 2.63 bits per heavy atom. The fraction of sp³-hybridized carbons (Fsp3) is 0.652. The minimum absolute atomic E-state index is 0.248. The van der Waals surface area contributed by atoms with E-state index in [1.54, 1.807) is 0 Å². The van der Waals surface area contributed by atoms with Gasteiger partial charge in [-0.25, -0.2) is 0 Å². The highest BCUT2D eigenvalue weighted by Crippen LogP contribution is 2.23. The maximum atomic E-state index is 12.7. The molecular weight excluding hydrogens is 400 g/mol. The number of nitrogens with zero attached hydrogens (tertiary/aromatic N) is 4. The van der Waals surface area contributed by atoms with E-state index in [-0.39, 0.29) is 11.8 Å². The highest BCUT2D eigenvalue weighted by Gasteiger charge is 2.30. The molecule has 3 saturated heterocycles. The van der Waals surface area contributed by atoms with Crippen molar-refractivity contribution < 1.29 is 9.59 Å².